The first kappa shape index (κ1) is 15.8. The zero-order valence-electron chi connectivity index (χ0n) is 13.0. The summed E-state index contributed by atoms with van der Waals surface area (Å²) in [6, 6.07) is 11.3. The molecule has 0 spiro atoms. The second-order valence-electron chi connectivity index (χ2n) is 5.22. The molecule has 0 saturated carbocycles. The molecule has 0 aliphatic carbocycles. The molecule has 5 nitrogen and oxygen atoms in total. The van der Waals surface area contributed by atoms with Crippen LogP contribution in [-0.2, 0) is 4.79 Å². The summed E-state index contributed by atoms with van der Waals surface area (Å²) in [4.78, 5) is 11.7. The third-order valence-electron chi connectivity index (χ3n) is 3.14. The molecule has 0 aliphatic rings. The van der Waals surface area contributed by atoms with Crippen LogP contribution in [0.1, 0.15) is 38.0 Å². The number of furan rings is 1. The van der Waals surface area contributed by atoms with Gasteiger partial charge in [0, 0.05) is 0 Å². The van der Waals surface area contributed by atoms with Gasteiger partial charge in [0.05, 0.1) is 6.26 Å². The minimum absolute atomic E-state index is 0.0873. The first-order valence-corrected chi connectivity index (χ1v) is 7.16. The smallest absolute Gasteiger partial charge is 0.277 e. The quantitative estimate of drug-likeness (QED) is 0.657. The first-order valence-electron chi connectivity index (χ1n) is 7.16. The highest BCUT2D eigenvalue weighted by molar-refractivity contribution is 5.96. The molecule has 0 unspecified atom stereocenters. The van der Waals surface area contributed by atoms with E-state index in [4.69, 9.17) is 9.15 Å². The lowest BCUT2D eigenvalue weighted by atomic mass is 10.0. The van der Waals surface area contributed by atoms with E-state index < -0.39 is 0 Å². The Balaban J connectivity index is 1.81. The van der Waals surface area contributed by atoms with E-state index in [2.05, 4.69) is 24.4 Å². The molecule has 1 heterocycles. The fourth-order valence-electron chi connectivity index (χ4n) is 1.82. The van der Waals surface area contributed by atoms with E-state index >= 15 is 0 Å². The zero-order valence-corrected chi connectivity index (χ0v) is 13.0. The summed E-state index contributed by atoms with van der Waals surface area (Å²) in [5.41, 5.74) is 4.26. The summed E-state index contributed by atoms with van der Waals surface area (Å²) in [7, 11) is 0. The Kier molecular flexibility index (Phi) is 5.36. The van der Waals surface area contributed by atoms with Gasteiger partial charge < -0.3 is 9.15 Å². The van der Waals surface area contributed by atoms with E-state index in [1.807, 2.05) is 24.3 Å². The van der Waals surface area contributed by atoms with Crippen molar-refractivity contribution in [1.29, 1.82) is 0 Å². The lowest BCUT2D eigenvalue weighted by molar-refractivity contribution is -0.123. The number of ether oxygens (including phenoxy) is 1. The SMILES string of the molecule is C/C(=N\NC(=O)COc1ccc(C(C)C)cc1)c1ccco1. The summed E-state index contributed by atoms with van der Waals surface area (Å²) < 4.78 is 10.6. The molecule has 22 heavy (non-hydrogen) atoms. The second-order valence-corrected chi connectivity index (χ2v) is 5.22. The molecule has 1 N–H and O–H groups in total. The summed E-state index contributed by atoms with van der Waals surface area (Å²) in [5, 5.41) is 3.96. The van der Waals surface area contributed by atoms with Gasteiger partial charge >= 0.3 is 0 Å². The fourth-order valence-corrected chi connectivity index (χ4v) is 1.82. The topological polar surface area (TPSA) is 63.8 Å². The number of carbonyl (C=O) groups is 1. The lowest BCUT2D eigenvalue weighted by Crippen LogP contribution is -2.25. The highest BCUT2D eigenvalue weighted by atomic mass is 16.5. The average molecular weight is 300 g/mol. The van der Waals surface area contributed by atoms with Gasteiger partial charge in [-0.1, -0.05) is 26.0 Å². The number of hydrogen-bond donors (Lipinski definition) is 1. The Morgan fingerprint density at radius 3 is 2.59 bits per heavy atom. The number of nitrogens with zero attached hydrogens (tertiary/aromatic N) is 1. The van der Waals surface area contributed by atoms with Crippen LogP contribution in [0.5, 0.6) is 5.75 Å². The summed E-state index contributed by atoms with van der Waals surface area (Å²) in [6.45, 7) is 5.92. The van der Waals surface area contributed by atoms with Crippen molar-refractivity contribution in [3.8, 4) is 5.75 Å². The average Bonchev–Trinajstić information content (AvgIpc) is 3.05. The van der Waals surface area contributed by atoms with Crippen molar-refractivity contribution >= 4 is 11.6 Å². The third-order valence-corrected chi connectivity index (χ3v) is 3.14. The van der Waals surface area contributed by atoms with Gasteiger partial charge in [-0.05, 0) is 42.7 Å². The zero-order chi connectivity index (χ0) is 15.9. The van der Waals surface area contributed by atoms with Gasteiger partial charge in [0.25, 0.3) is 5.91 Å². The van der Waals surface area contributed by atoms with Crippen molar-refractivity contribution in [2.45, 2.75) is 26.7 Å². The van der Waals surface area contributed by atoms with E-state index in [0.717, 1.165) is 0 Å². The molecule has 1 aromatic heterocycles. The standard InChI is InChI=1S/C17H20N2O3/c1-12(2)14-6-8-15(9-7-14)22-11-17(20)19-18-13(3)16-5-4-10-21-16/h4-10,12H,11H2,1-3H3,(H,19,20)/b18-13+. The molecule has 1 amide bonds. The Hall–Kier alpha value is -2.56. The Morgan fingerprint density at radius 2 is 2.00 bits per heavy atom. The van der Waals surface area contributed by atoms with Gasteiger partial charge in [-0.2, -0.15) is 5.10 Å². The van der Waals surface area contributed by atoms with E-state index in [9.17, 15) is 4.79 Å². The first-order chi connectivity index (χ1) is 10.6. The summed E-state index contributed by atoms with van der Waals surface area (Å²) in [5.74, 6) is 1.42. The van der Waals surface area contributed by atoms with Crippen molar-refractivity contribution in [1.82, 2.24) is 5.43 Å². The van der Waals surface area contributed by atoms with Crippen molar-refractivity contribution in [3.05, 3.63) is 54.0 Å². The van der Waals surface area contributed by atoms with Gasteiger partial charge in [-0.15, -0.1) is 0 Å². The molecule has 0 radical (unpaired) electrons. The van der Waals surface area contributed by atoms with Crippen LogP contribution in [0, 0.1) is 0 Å². The second kappa shape index (κ2) is 7.45. The number of nitrogens with one attached hydrogen (secondary N) is 1. The number of rotatable bonds is 6. The third kappa shape index (κ3) is 4.48. The van der Waals surface area contributed by atoms with Crippen LogP contribution in [0.15, 0.2) is 52.2 Å². The van der Waals surface area contributed by atoms with Gasteiger partial charge in [0.2, 0.25) is 0 Å². The largest absolute Gasteiger partial charge is 0.484 e. The Labute approximate surface area is 130 Å². The van der Waals surface area contributed by atoms with E-state index in [-0.39, 0.29) is 12.5 Å². The number of hydrogen-bond acceptors (Lipinski definition) is 4. The molecule has 0 bridgehead atoms. The van der Waals surface area contributed by atoms with Crippen LogP contribution in [0.4, 0.5) is 0 Å². The van der Waals surface area contributed by atoms with Crippen LogP contribution in [-0.4, -0.2) is 18.2 Å². The van der Waals surface area contributed by atoms with E-state index in [0.29, 0.717) is 23.1 Å². The molecule has 0 saturated heterocycles. The molecule has 2 rings (SSSR count). The van der Waals surface area contributed by atoms with Crippen molar-refractivity contribution in [2.24, 2.45) is 5.10 Å². The number of hydrazone groups is 1. The summed E-state index contributed by atoms with van der Waals surface area (Å²) in [6.07, 6.45) is 1.56. The highest BCUT2D eigenvalue weighted by Gasteiger charge is 2.05. The Bertz CT molecular complexity index is 628. The molecular formula is C17H20N2O3. The Morgan fingerprint density at radius 1 is 1.27 bits per heavy atom. The van der Waals surface area contributed by atoms with Gasteiger partial charge in [0.15, 0.2) is 6.61 Å². The van der Waals surface area contributed by atoms with Crippen molar-refractivity contribution in [2.75, 3.05) is 6.61 Å². The van der Waals surface area contributed by atoms with Crippen LogP contribution < -0.4 is 10.2 Å². The van der Waals surface area contributed by atoms with Crippen molar-refractivity contribution in [3.63, 3.8) is 0 Å². The van der Waals surface area contributed by atoms with Crippen LogP contribution in [0.3, 0.4) is 0 Å². The highest BCUT2D eigenvalue weighted by Crippen LogP contribution is 2.18. The normalized spacial score (nSPS) is 11.5. The minimum Gasteiger partial charge on any atom is -0.484 e. The predicted molar refractivity (Wildman–Crippen MR) is 85.1 cm³/mol. The minimum atomic E-state index is -0.321. The molecule has 116 valence electrons. The fraction of sp³-hybridized carbons (Fsp3) is 0.294. The predicted octanol–water partition coefficient (Wildman–Crippen LogP) is 3.32. The maximum Gasteiger partial charge on any atom is 0.277 e. The maximum absolute atomic E-state index is 11.7. The van der Waals surface area contributed by atoms with Crippen molar-refractivity contribution < 1.29 is 13.9 Å². The van der Waals surface area contributed by atoms with Gasteiger partial charge in [0.1, 0.15) is 17.2 Å². The molecule has 0 atom stereocenters. The molecule has 5 heteroatoms. The van der Waals surface area contributed by atoms with Crippen LogP contribution in [0.25, 0.3) is 0 Å². The van der Waals surface area contributed by atoms with Crippen LogP contribution >= 0.6 is 0 Å². The van der Waals surface area contributed by atoms with E-state index in [1.165, 1.54) is 5.56 Å². The van der Waals surface area contributed by atoms with Gasteiger partial charge in [-0.3, -0.25) is 4.79 Å². The molecule has 2 aromatic rings. The molecule has 1 aromatic carbocycles. The summed E-state index contributed by atoms with van der Waals surface area (Å²) >= 11 is 0. The lowest BCUT2D eigenvalue weighted by Gasteiger charge is -2.08. The van der Waals surface area contributed by atoms with Gasteiger partial charge in [-0.25, -0.2) is 5.43 Å². The number of amides is 1. The molecule has 0 fully saturated rings. The van der Waals surface area contributed by atoms with Crippen LogP contribution in [0.2, 0.25) is 0 Å². The number of carbonyl (C=O) groups excluding carboxylic acids is 1. The molecule has 0 aliphatic heterocycles. The molecular weight excluding hydrogens is 280 g/mol. The van der Waals surface area contributed by atoms with E-state index in [1.54, 1.807) is 25.3 Å². The number of benzene rings is 1. The monoisotopic (exact) mass is 300 g/mol. The maximum atomic E-state index is 11.7.